The minimum atomic E-state index is -0.114. The normalized spacial score (nSPS) is 10.3. The molecule has 26 heavy (non-hydrogen) atoms. The summed E-state index contributed by atoms with van der Waals surface area (Å²) in [5.41, 5.74) is 7.53. The summed E-state index contributed by atoms with van der Waals surface area (Å²) in [7, 11) is 0. The second-order valence-corrected chi connectivity index (χ2v) is 6.56. The Labute approximate surface area is 160 Å². The van der Waals surface area contributed by atoms with Crippen LogP contribution in [0.15, 0.2) is 54.6 Å². The lowest BCUT2D eigenvalue weighted by atomic mass is 10.1. The van der Waals surface area contributed by atoms with Crippen LogP contribution in [0.3, 0.4) is 0 Å². The highest BCUT2D eigenvalue weighted by atomic mass is 32.1. The summed E-state index contributed by atoms with van der Waals surface area (Å²) in [5, 5.41) is 3.43. The first-order valence-electron chi connectivity index (χ1n) is 8.65. The van der Waals surface area contributed by atoms with Crippen LogP contribution in [0, 0.1) is 0 Å². The molecule has 0 unspecified atom stereocenters. The summed E-state index contributed by atoms with van der Waals surface area (Å²) in [6.07, 6.45) is 1.18. The zero-order valence-electron chi connectivity index (χ0n) is 15.1. The molecule has 1 amide bonds. The van der Waals surface area contributed by atoms with Gasteiger partial charge in [0.25, 0.3) is 0 Å². The van der Waals surface area contributed by atoms with Crippen LogP contribution in [0.1, 0.15) is 31.4 Å². The average molecular weight is 372 g/mol. The number of rotatable bonds is 7. The third-order valence-corrected chi connectivity index (χ3v) is 3.79. The summed E-state index contributed by atoms with van der Waals surface area (Å²) in [5.74, 6) is 0.723. The maximum atomic E-state index is 11.9. The molecule has 0 aliphatic rings. The molecular weight excluding hydrogens is 346 g/mol. The zero-order chi connectivity index (χ0) is 18.8. The number of ether oxygens (including phenoxy) is 1. The Balaban J connectivity index is 1.64. The molecule has 2 aromatic carbocycles. The van der Waals surface area contributed by atoms with E-state index in [4.69, 9.17) is 17.0 Å². The van der Waals surface area contributed by atoms with Crippen LogP contribution < -0.4 is 20.9 Å². The van der Waals surface area contributed by atoms with Crippen LogP contribution in [0.5, 0.6) is 5.75 Å². The Morgan fingerprint density at radius 1 is 1.00 bits per heavy atom. The number of hydrazine groups is 1. The van der Waals surface area contributed by atoms with E-state index in [0.717, 1.165) is 16.9 Å². The predicted octanol–water partition coefficient (Wildman–Crippen LogP) is 3.10. The van der Waals surface area contributed by atoms with Gasteiger partial charge in [0, 0.05) is 13.0 Å². The molecule has 0 aliphatic carbocycles. The van der Waals surface area contributed by atoms with Gasteiger partial charge in [0.2, 0.25) is 5.91 Å². The molecular formula is C20H25N3O2S. The van der Waals surface area contributed by atoms with Crippen LogP contribution in [0.25, 0.3) is 0 Å². The van der Waals surface area contributed by atoms with Gasteiger partial charge in [-0.2, -0.15) is 0 Å². The van der Waals surface area contributed by atoms with Gasteiger partial charge in [0.05, 0.1) is 6.10 Å². The third-order valence-electron chi connectivity index (χ3n) is 3.55. The van der Waals surface area contributed by atoms with Crippen molar-refractivity contribution < 1.29 is 9.53 Å². The number of hydrogen-bond donors (Lipinski definition) is 3. The number of hydrogen-bond acceptors (Lipinski definition) is 3. The third kappa shape index (κ3) is 7.53. The lowest BCUT2D eigenvalue weighted by Gasteiger charge is -2.12. The van der Waals surface area contributed by atoms with Gasteiger partial charge >= 0.3 is 0 Å². The Hall–Kier alpha value is -2.60. The van der Waals surface area contributed by atoms with E-state index in [-0.39, 0.29) is 12.0 Å². The first kappa shape index (κ1) is 19.7. The zero-order valence-corrected chi connectivity index (χ0v) is 15.9. The fourth-order valence-electron chi connectivity index (χ4n) is 2.28. The Kier molecular flexibility index (Phi) is 7.89. The van der Waals surface area contributed by atoms with Gasteiger partial charge in [-0.25, -0.2) is 0 Å². The van der Waals surface area contributed by atoms with Crippen LogP contribution in [-0.4, -0.2) is 17.1 Å². The van der Waals surface area contributed by atoms with E-state index >= 15 is 0 Å². The van der Waals surface area contributed by atoms with Crippen LogP contribution in [-0.2, 0) is 17.8 Å². The van der Waals surface area contributed by atoms with E-state index in [1.165, 1.54) is 0 Å². The van der Waals surface area contributed by atoms with Gasteiger partial charge in [0.1, 0.15) is 5.75 Å². The summed E-state index contributed by atoms with van der Waals surface area (Å²) < 4.78 is 5.60. The van der Waals surface area contributed by atoms with Crippen LogP contribution in [0.4, 0.5) is 0 Å². The Morgan fingerprint density at radius 2 is 1.69 bits per heavy atom. The quantitative estimate of drug-likeness (QED) is 0.516. The standard InChI is InChI=1S/C20H25N3O2S/c1-15(2)25-18-11-8-16(9-12-18)10-13-19(24)22-23-20(26)21-14-17-6-4-3-5-7-17/h3-9,11-12,15H,10,13-14H2,1-2H3,(H,22,24)(H2,21,23,26). The Bertz CT molecular complexity index is 703. The molecule has 0 saturated heterocycles. The van der Waals surface area contributed by atoms with E-state index < -0.39 is 0 Å². The smallest absolute Gasteiger partial charge is 0.238 e. The van der Waals surface area contributed by atoms with Gasteiger partial charge in [-0.3, -0.25) is 15.6 Å². The number of carbonyl (C=O) groups excluding carboxylic acids is 1. The average Bonchev–Trinajstić information content (AvgIpc) is 2.64. The molecule has 2 aromatic rings. The second kappa shape index (κ2) is 10.4. The molecule has 0 aromatic heterocycles. The van der Waals surface area contributed by atoms with Gasteiger partial charge < -0.3 is 10.1 Å². The molecule has 0 saturated carbocycles. The van der Waals surface area contributed by atoms with Crippen molar-refractivity contribution in [1.82, 2.24) is 16.2 Å². The number of carbonyl (C=O) groups is 1. The molecule has 0 heterocycles. The highest BCUT2D eigenvalue weighted by Gasteiger charge is 2.04. The highest BCUT2D eigenvalue weighted by molar-refractivity contribution is 7.80. The van der Waals surface area contributed by atoms with Crippen molar-refractivity contribution in [3.63, 3.8) is 0 Å². The van der Waals surface area contributed by atoms with E-state index in [1.54, 1.807) is 0 Å². The molecule has 0 atom stereocenters. The number of benzene rings is 2. The first-order chi connectivity index (χ1) is 12.5. The molecule has 2 rings (SSSR count). The molecule has 138 valence electrons. The van der Waals surface area contributed by atoms with Crippen molar-refractivity contribution in [2.45, 2.75) is 39.3 Å². The topological polar surface area (TPSA) is 62.4 Å². The molecule has 3 N–H and O–H groups in total. The van der Waals surface area contributed by atoms with Crippen LogP contribution >= 0.6 is 12.2 Å². The molecule has 0 fully saturated rings. The van der Waals surface area contributed by atoms with Crippen molar-refractivity contribution in [1.29, 1.82) is 0 Å². The van der Waals surface area contributed by atoms with E-state index in [9.17, 15) is 4.79 Å². The van der Waals surface area contributed by atoms with Crippen LogP contribution in [0.2, 0.25) is 0 Å². The van der Waals surface area contributed by atoms with Crippen molar-refractivity contribution in [3.8, 4) is 5.75 Å². The van der Waals surface area contributed by atoms with Crippen molar-refractivity contribution >= 4 is 23.2 Å². The van der Waals surface area contributed by atoms with E-state index in [1.807, 2.05) is 68.4 Å². The largest absolute Gasteiger partial charge is 0.491 e. The maximum Gasteiger partial charge on any atom is 0.238 e. The summed E-state index contributed by atoms with van der Waals surface area (Å²) in [6, 6.07) is 17.7. The molecule has 0 aliphatic heterocycles. The molecule has 0 spiro atoms. The number of thiocarbonyl (C=S) groups is 1. The lowest BCUT2D eigenvalue weighted by Crippen LogP contribution is -2.46. The molecule has 0 bridgehead atoms. The fourth-order valence-corrected chi connectivity index (χ4v) is 2.40. The number of aryl methyl sites for hydroxylation is 1. The second-order valence-electron chi connectivity index (χ2n) is 6.15. The maximum absolute atomic E-state index is 11.9. The number of amides is 1. The van der Waals surface area contributed by atoms with Crippen molar-refractivity contribution in [3.05, 3.63) is 65.7 Å². The predicted molar refractivity (Wildman–Crippen MR) is 108 cm³/mol. The summed E-state index contributed by atoms with van der Waals surface area (Å²) in [6.45, 7) is 4.59. The monoisotopic (exact) mass is 371 g/mol. The first-order valence-corrected chi connectivity index (χ1v) is 9.06. The summed E-state index contributed by atoms with van der Waals surface area (Å²) in [4.78, 5) is 11.9. The Morgan fingerprint density at radius 3 is 2.35 bits per heavy atom. The van der Waals surface area contributed by atoms with Gasteiger partial charge in [-0.05, 0) is 55.7 Å². The van der Waals surface area contributed by atoms with Gasteiger partial charge in [0.15, 0.2) is 5.11 Å². The minimum absolute atomic E-state index is 0.114. The minimum Gasteiger partial charge on any atom is -0.491 e. The fraction of sp³-hybridized carbons (Fsp3) is 0.300. The van der Waals surface area contributed by atoms with Crippen molar-refractivity contribution in [2.75, 3.05) is 0 Å². The van der Waals surface area contributed by atoms with Gasteiger partial charge in [-0.1, -0.05) is 42.5 Å². The van der Waals surface area contributed by atoms with Crippen molar-refractivity contribution in [2.24, 2.45) is 0 Å². The highest BCUT2D eigenvalue weighted by Crippen LogP contribution is 2.14. The van der Waals surface area contributed by atoms with E-state index in [2.05, 4.69) is 16.2 Å². The van der Waals surface area contributed by atoms with E-state index in [0.29, 0.717) is 24.5 Å². The van der Waals surface area contributed by atoms with Gasteiger partial charge in [-0.15, -0.1) is 0 Å². The molecule has 0 radical (unpaired) electrons. The number of nitrogens with one attached hydrogen (secondary N) is 3. The SMILES string of the molecule is CC(C)Oc1ccc(CCC(=O)NNC(=S)NCc2ccccc2)cc1. The lowest BCUT2D eigenvalue weighted by molar-refractivity contribution is -0.121. The summed E-state index contributed by atoms with van der Waals surface area (Å²) >= 11 is 5.15. The molecule has 6 heteroatoms. The molecule has 5 nitrogen and oxygen atoms in total.